The summed E-state index contributed by atoms with van der Waals surface area (Å²) < 4.78 is 17.7. The number of hydrogen-bond acceptors (Lipinski definition) is 8. The number of piperazine rings is 1. The van der Waals surface area contributed by atoms with Gasteiger partial charge >= 0.3 is 0 Å². The minimum atomic E-state index is -0.0954. The van der Waals surface area contributed by atoms with E-state index in [1.54, 1.807) is 44.2 Å². The van der Waals surface area contributed by atoms with Crippen molar-refractivity contribution in [1.82, 2.24) is 30.0 Å². The minimum Gasteiger partial charge on any atom is -0.497 e. The summed E-state index contributed by atoms with van der Waals surface area (Å²) in [6, 6.07) is 12.9. The molecule has 1 aromatic heterocycles. The predicted octanol–water partition coefficient (Wildman–Crippen LogP) is 1.65. The van der Waals surface area contributed by atoms with Gasteiger partial charge in [-0.15, -0.1) is 5.10 Å². The third-order valence-electron chi connectivity index (χ3n) is 5.52. The molecule has 168 valence electrons. The van der Waals surface area contributed by atoms with Crippen molar-refractivity contribution in [2.75, 3.05) is 47.5 Å². The second-order valence-electron chi connectivity index (χ2n) is 7.31. The van der Waals surface area contributed by atoms with Crippen LogP contribution in [0.3, 0.4) is 0 Å². The fourth-order valence-corrected chi connectivity index (χ4v) is 3.76. The number of carbonyl (C=O) groups is 1. The van der Waals surface area contributed by atoms with E-state index in [0.717, 1.165) is 17.3 Å². The number of hydrogen-bond donors (Lipinski definition) is 0. The maximum atomic E-state index is 13.2. The predicted molar refractivity (Wildman–Crippen MR) is 116 cm³/mol. The number of rotatable bonds is 7. The van der Waals surface area contributed by atoms with E-state index in [0.29, 0.717) is 49.8 Å². The van der Waals surface area contributed by atoms with Crippen molar-refractivity contribution in [3.8, 4) is 22.9 Å². The fraction of sp³-hybridized carbons (Fsp3) is 0.364. The van der Waals surface area contributed by atoms with Gasteiger partial charge in [-0.1, -0.05) is 6.07 Å². The van der Waals surface area contributed by atoms with Crippen LogP contribution >= 0.6 is 0 Å². The molecule has 0 bridgehead atoms. The molecule has 0 radical (unpaired) electrons. The van der Waals surface area contributed by atoms with Gasteiger partial charge in [-0.05, 0) is 46.8 Å². The van der Waals surface area contributed by atoms with E-state index in [-0.39, 0.29) is 5.91 Å². The van der Waals surface area contributed by atoms with Crippen LogP contribution in [0.25, 0.3) is 5.69 Å². The molecular weight excluding hydrogens is 412 g/mol. The standard InChI is InChI=1S/C22H26N6O4/c1-30-17-9-7-16(8-10-17)28-20(23-24-25-28)15-26-11-13-27(14-12-26)22(29)21-18(31-2)5-4-6-19(21)32-3/h4-10H,11-15H2,1-3H3. The van der Waals surface area contributed by atoms with Crippen molar-refractivity contribution in [3.05, 3.63) is 53.9 Å². The number of amides is 1. The molecule has 1 aliphatic heterocycles. The number of nitrogens with zero attached hydrogens (tertiary/aromatic N) is 6. The van der Waals surface area contributed by atoms with Crippen LogP contribution in [-0.2, 0) is 6.54 Å². The first kappa shape index (κ1) is 21.6. The summed E-state index contributed by atoms with van der Waals surface area (Å²) >= 11 is 0. The van der Waals surface area contributed by atoms with Gasteiger partial charge in [0.05, 0.1) is 33.6 Å². The number of aromatic nitrogens is 4. The normalized spacial score (nSPS) is 14.3. The van der Waals surface area contributed by atoms with Gasteiger partial charge in [-0.3, -0.25) is 9.69 Å². The third-order valence-corrected chi connectivity index (χ3v) is 5.52. The molecule has 0 spiro atoms. The van der Waals surface area contributed by atoms with E-state index in [2.05, 4.69) is 20.4 Å². The molecule has 4 rings (SSSR count). The molecule has 1 aliphatic rings. The van der Waals surface area contributed by atoms with E-state index in [1.807, 2.05) is 29.2 Å². The summed E-state index contributed by atoms with van der Waals surface area (Å²) in [5.74, 6) is 2.44. The molecule has 0 atom stereocenters. The van der Waals surface area contributed by atoms with Crippen molar-refractivity contribution in [2.45, 2.75) is 6.54 Å². The highest BCUT2D eigenvalue weighted by atomic mass is 16.5. The van der Waals surface area contributed by atoms with Crippen LogP contribution in [0, 0.1) is 0 Å². The molecule has 10 heteroatoms. The van der Waals surface area contributed by atoms with Crippen molar-refractivity contribution in [2.24, 2.45) is 0 Å². The fourth-order valence-electron chi connectivity index (χ4n) is 3.76. The Balaban J connectivity index is 1.41. The smallest absolute Gasteiger partial charge is 0.261 e. The number of tetrazole rings is 1. The SMILES string of the molecule is COc1ccc(-n2nnnc2CN2CCN(C(=O)c3c(OC)cccc3OC)CC2)cc1. The van der Waals surface area contributed by atoms with Crippen molar-refractivity contribution >= 4 is 5.91 Å². The molecule has 32 heavy (non-hydrogen) atoms. The zero-order valence-electron chi connectivity index (χ0n) is 18.4. The molecular formula is C22H26N6O4. The Bertz CT molecular complexity index is 1040. The minimum absolute atomic E-state index is 0.0954. The van der Waals surface area contributed by atoms with Gasteiger partial charge < -0.3 is 19.1 Å². The van der Waals surface area contributed by atoms with Gasteiger partial charge in [0.2, 0.25) is 0 Å². The molecule has 1 saturated heterocycles. The zero-order chi connectivity index (χ0) is 22.5. The highest BCUT2D eigenvalue weighted by Crippen LogP contribution is 2.30. The summed E-state index contributed by atoms with van der Waals surface area (Å²) in [4.78, 5) is 17.2. The lowest BCUT2D eigenvalue weighted by atomic mass is 10.1. The Morgan fingerprint density at radius 3 is 2.16 bits per heavy atom. The first-order valence-corrected chi connectivity index (χ1v) is 10.3. The molecule has 0 N–H and O–H groups in total. The second kappa shape index (κ2) is 9.65. The van der Waals surface area contributed by atoms with Crippen LogP contribution in [0.1, 0.15) is 16.2 Å². The Morgan fingerprint density at radius 2 is 1.56 bits per heavy atom. The molecule has 10 nitrogen and oxygen atoms in total. The van der Waals surface area contributed by atoms with E-state index < -0.39 is 0 Å². The first-order chi connectivity index (χ1) is 15.6. The Labute approximate surface area is 186 Å². The topological polar surface area (TPSA) is 94.8 Å². The lowest BCUT2D eigenvalue weighted by Crippen LogP contribution is -2.48. The molecule has 0 unspecified atom stereocenters. The molecule has 2 heterocycles. The van der Waals surface area contributed by atoms with Crippen LogP contribution < -0.4 is 14.2 Å². The van der Waals surface area contributed by atoms with Gasteiger partial charge in [0, 0.05) is 26.2 Å². The van der Waals surface area contributed by atoms with E-state index in [9.17, 15) is 4.79 Å². The average molecular weight is 438 g/mol. The molecule has 1 fully saturated rings. The summed E-state index contributed by atoms with van der Waals surface area (Å²) in [5.41, 5.74) is 1.32. The number of carbonyl (C=O) groups excluding carboxylic acids is 1. The zero-order valence-corrected chi connectivity index (χ0v) is 18.4. The Kier molecular flexibility index (Phi) is 6.50. The summed E-state index contributed by atoms with van der Waals surface area (Å²) in [6.07, 6.45) is 0. The molecule has 0 saturated carbocycles. The quantitative estimate of drug-likeness (QED) is 0.550. The Morgan fingerprint density at radius 1 is 0.906 bits per heavy atom. The first-order valence-electron chi connectivity index (χ1n) is 10.3. The van der Waals surface area contributed by atoms with E-state index in [1.165, 1.54) is 0 Å². The second-order valence-corrected chi connectivity index (χ2v) is 7.31. The van der Waals surface area contributed by atoms with E-state index >= 15 is 0 Å². The maximum Gasteiger partial charge on any atom is 0.261 e. The van der Waals surface area contributed by atoms with Gasteiger partial charge in [0.25, 0.3) is 5.91 Å². The van der Waals surface area contributed by atoms with Crippen LogP contribution in [-0.4, -0.2) is 83.4 Å². The van der Waals surface area contributed by atoms with Gasteiger partial charge in [-0.25, -0.2) is 0 Å². The van der Waals surface area contributed by atoms with E-state index in [4.69, 9.17) is 14.2 Å². The van der Waals surface area contributed by atoms with Crippen LogP contribution in [0.15, 0.2) is 42.5 Å². The lowest BCUT2D eigenvalue weighted by Gasteiger charge is -2.34. The summed E-state index contributed by atoms with van der Waals surface area (Å²) in [6.45, 7) is 3.17. The molecule has 3 aromatic rings. The van der Waals surface area contributed by atoms with Crippen LogP contribution in [0.2, 0.25) is 0 Å². The van der Waals surface area contributed by atoms with Gasteiger partial charge in [0.15, 0.2) is 5.82 Å². The van der Waals surface area contributed by atoms with Crippen molar-refractivity contribution < 1.29 is 19.0 Å². The average Bonchev–Trinajstić information content (AvgIpc) is 3.31. The monoisotopic (exact) mass is 438 g/mol. The molecule has 2 aromatic carbocycles. The number of benzene rings is 2. The van der Waals surface area contributed by atoms with Gasteiger partial charge in [0.1, 0.15) is 22.8 Å². The Hall–Kier alpha value is -3.66. The van der Waals surface area contributed by atoms with Crippen molar-refractivity contribution in [3.63, 3.8) is 0 Å². The lowest BCUT2D eigenvalue weighted by molar-refractivity contribution is 0.0618. The summed E-state index contributed by atoms with van der Waals surface area (Å²) in [5, 5.41) is 12.2. The van der Waals surface area contributed by atoms with Crippen LogP contribution in [0.4, 0.5) is 0 Å². The van der Waals surface area contributed by atoms with Gasteiger partial charge in [-0.2, -0.15) is 4.68 Å². The highest BCUT2D eigenvalue weighted by Gasteiger charge is 2.27. The maximum absolute atomic E-state index is 13.2. The molecule has 0 aliphatic carbocycles. The largest absolute Gasteiger partial charge is 0.497 e. The van der Waals surface area contributed by atoms with Crippen LogP contribution in [0.5, 0.6) is 17.2 Å². The molecule has 1 amide bonds. The number of ether oxygens (including phenoxy) is 3. The highest BCUT2D eigenvalue weighted by molar-refractivity contribution is 5.99. The third kappa shape index (κ3) is 4.35. The number of methoxy groups -OCH3 is 3. The summed E-state index contributed by atoms with van der Waals surface area (Å²) in [7, 11) is 4.73. The van der Waals surface area contributed by atoms with Crippen molar-refractivity contribution in [1.29, 1.82) is 0 Å².